The Bertz CT molecular complexity index is 317. The van der Waals surface area contributed by atoms with E-state index in [0.717, 1.165) is 0 Å². The third-order valence-electron chi connectivity index (χ3n) is 2.09. The molecule has 1 atom stereocenters. The quantitative estimate of drug-likeness (QED) is 0.763. The van der Waals surface area contributed by atoms with Crippen molar-refractivity contribution in [3.8, 4) is 0 Å². The van der Waals surface area contributed by atoms with E-state index in [0.29, 0.717) is 25.1 Å². The Kier molecular flexibility index (Phi) is 5.02. The Morgan fingerprint density at radius 1 is 1.53 bits per heavy atom. The lowest BCUT2D eigenvalue weighted by atomic mass is 10.2. The van der Waals surface area contributed by atoms with Crippen LogP contribution in [-0.4, -0.2) is 17.8 Å². The number of benzene rings is 1. The molecule has 0 amide bonds. The van der Waals surface area contributed by atoms with Gasteiger partial charge in [0.1, 0.15) is 5.82 Å². The topological polar surface area (TPSA) is 32.3 Å². The van der Waals surface area contributed by atoms with E-state index in [1.807, 2.05) is 0 Å². The van der Waals surface area contributed by atoms with E-state index in [1.165, 1.54) is 6.07 Å². The lowest BCUT2D eigenvalue weighted by Gasteiger charge is -2.07. The Morgan fingerprint density at radius 3 is 2.93 bits per heavy atom. The Labute approximate surface area is 94.1 Å². The molecule has 0 aromatic heterocycles. The fourth-order valence-electron chi connectivity index (χ4n) is 1.22. The Balaban J connectivity index is 2.41. The molecule has 0 spiro atoms. The maximum Gasteiger partial charge on any atom is 0.146 e. The van der Waals surface area contributed by atoms with Gasteiger partial charge in [-0.15, -0.1) is 0 Å². The second-order valence-electron chi connectivity index (χ2n) is 3.53. The van der Waals surface area contributed by atoms with Crippen LogP contribution in [0.15, 0.2) is 18.2 Å². The van der Waals surface area contributed by atoms with E-state index < -0.39 is 0 Å². The zero-order valence-corrected chi connectivity index (χ0v) is 9.39. The molecule has 0 aliphatic rings. The van der Waals surface area contributed by atoms with E-state index >= 15 is 0 Å². The summed E-state index contributed by atoms with van der Waals surface area (Å²) >= 11 is 5.63. The number of nitrogens with one attached hydrogen (secondary N) is 1. The van der Waals surface area contributed by atoms with Gasteiger partial charge in [0.15, 0.2) is 0 Å². The Hall–Kier alpha value is -0.640. The first-order valence-electron chi connectivity index (χ1n) is 4.93. The van der Waals surface area contributed by atoms with Crippen LogP contribution in [-0.2, 0) is 6.54 Å². The van der Waals surface area contributed by atoms with Gasteiger partial charge in [0.25, 0.3) is 0 Å². The SMILES string of the molecule is CC(O)CCNCc1cccc(Cl)c1F. The first kappa shape index (κ1) is 12.4. The molecule has 1 aromatic rings. The summed E-state index contributed by atoms with van der Waals surface area (Å²) in [5.74, 6) is -0.372. The van der Waals surface area contributed by atoms with Crippen LogP contribution in [0.4, 0.5) is 4.39 Å². The molecule has 0 saturated heterocycles. The van der Waals surface area contributed by atoms with Crippen LogP contribution in [0, 0.1) is 5.82 Å². The predicted octanol–water partition coefficient (Wildman–Crippen LogP) is 2.34. The second kappa shape index (κ2) is 6.05. The van der Waals surface area contributed by atoms with Crippen molar-refractivity contribution < 1.29 is 9.50 Å². The van der Waals surface area contributed by atoms with Gasteiger partial charge in [0, 0.05) is 12.1 Å². The van der Waals surface area contributed by atoms with Gasteiger partial charge in [-0.1, -0.05) is 23.7 Å². The van der Waals surface area contributed by atoms with Crippen LogP contribution in [0.3, 0.4) is 0 Å². The normalized spacial score (nSPS) is 12.8. The van der Waals surface area contributed by atoms with Crippen LogP contribution in [0.1, 0.15) is 18.9 Å². The molecule has 0 fully saturated rings. The molecule has 1 aromatic carbocycles. The highest BCUT2D eigenvalue weighted by molar-refractivity contribution is 6.30. The van der Waals surface area contributed by atoms with Crippen molar-refractivity contribution in [2.45, 2.75) is 26.0 Å². The number of hydrogen-bond donors (Lipinski definition) is 2. The highest BCUT2D eigenvalue weighted by atomic mass is 35.5. The predicted molar refractivity (Wildman–Crippen MR) is 59.4 cm³/mol. The lowest BCUT2D eigenvalue weighted by molar-refractivity contribution is 0.183. The van der Waals surface area contributed by atoms with Crippen molar-refractivity contribution >= 4 is 11.6 Å². The maximum absolute atomic E-state index is 13.4. The molecule has 1 unspecified atom stereocenters. The average molecular weight is 232 g/mol. The molecule has 84 valence electrons. The van der Waals surface area contributed by atoms with Crippen molar-refractivity contribution in [3.05, 3.63) is 34.6 Å². The molecule has 0 radical (unpaired) electrons. The van der Waals surface area contributed by atoms with E-state index in [-0.39, 0.29) is 16.9 Å². The van der Waals surface area contributed by atoms with Crippen molar-refractivity contribution in [3.63, 3.8) is 0 Å². The van der Waals surface area contributed by atoms with E-state index in [4.69, 9.17) is 16.7 Å². The fourth-order valence-corrected chi connectivity index (χ4v) is 1.41. The van der Waals surface area contributed by atoms with Crippen LogP contribution in [0.2, 0.25) is 5.02 Å². The van der Waals surface area contributed by atoms with Gasteiger partial charge in [-0.3, -0.25) is 0 Å². The highest BCUT2D eigenvalue weighted by Gasteiger charge is 2.05. The van der Waals surface area contributed by atoms with Crippen molar-refractivity contribution in [2.75, 3.05) is 6.54 Å². The van der Waals surface area contributed by atoms with Crippen LogP contribution >= 0.6 is 11.6 Å². The molecule has 0 heterocycles. The Morgan fingerprint density at radius 2 is 2.27 bits per heavy atom. The van der Waals surface area contributed by atoms with Crippen LogP contribution in [0.5, 0.6) is 0 Å². The van der Waals surface area contributed by atoms with Crippen molar-refractivity contribution in [2.24, 2.45) is 0 Å². The number of aliphatic hydroxyl groups is 1. The molecule has 0 aliphatic carbocycles. The molecule has 1 rings (SSSR count). The van der Waals surface area contributed by atoms with Crippen molar-refractivity contribution in [1.29, 1.82) is 0 Å². The number of rotatable bonds is 5. The first-order chi connectivity index (χ1) is 7.11. The van der Waals surface area contributed by atoms with Gasteiger partial charge >= 0.3 is 0 Å². The van der Waals surface area contributed by atoms with Gasteiger partial charge in [-0.05, 0) is 26.0 Å². The second-order valence-corrected chi connectivity index (χ2v) is 3.93. The molecule has 0 bridgehead atoms. The summed E-state index contributed by atoms with van der Waals surface area (Å²) in [6.07, 6.45) is 0.323. The van der Waals surface area contributed by atoms with Crippen molar-refractivity contribution in [1.82, 2.24) is 5.32 Å². The minimum atomic E-state index is -0.372. The minimum absolute atomic E-state index is 0.143. The molecule has 0 saturated carbocycles. The summed E-state index contributed by atoms with van der Waals surface area (Å²) in [6, 6.07) is 4.93. The van der Waals surface area contributed by atoms with E-state index in [9.17, 15) is 4.39 Å². The van der Waals surface area contributed by atoms with Gasteiger partial charge in [0.05, 0.1) is 11.1 Å². The zero-order chi connectivity index (χ0) is 11.3. The summed E-state index contributed by atoms with van der Waals surface area (Å²) in [5, 5.41) is 12.2. The van der Waals surface area contributed by atoms with Gasteiger partial charge in [0.2, 0.25) is 0 Å². The molecule has 0 aliphatic heterocycles. The monoisotopic (exact) mass is 231 g/mol. The largest absolute Gasteiger partial charge is 0.393 e. The van der Waals surface area contributed by atoms with Gasteiger partial charge in [-0.2, -0.15) is 0 Å². The van der Waals surface area contributed by atoms with E-state index in [2.05, 4.69) is 5.32 Å². The summed E-state index contributed by atoms with van der Waals surface area (Å²) in [7, 11) is 0. The zero-order valence-electron chi connectivity index (χ0n) is 8.63. The molecule has 15 heavy (non-hydrogen) atoms. The van der Waals surface area contributed by atoms with E-state index in [1.54, 1.807) is 19.1 Å². The smallest absolute Gasteiger partial charge is 0.146 e. The number of hydrogen-bond acceptors (Lipinski definition) is 2. The third kappa shape index (κ3) is 4.16. The van der Waals surface area contributed by atoms with Gasteiger partial charge < -0.3 is 10.4 Å². The highest BCUT2D eigenvalue weighted by Crippen LogP contribution is 2.17. The summed E-state index contributed by atoms with van der Waals surface area (Å²) in [5.41, 5.74) is 0.549. The maximum atomic E-state index is 13.4. The summed E-state index contributed by atoms with van der Waals surface area (Å²) < 4.78 is 13.4. The number of aliphatic hydroxyl groups excluding tert-OH is 1. The fraction of sp³-hybridized carbons (Fsp3) is 0.455. The average Bonchev–Trinajstić information content (AvgIpc) is 2.18. The molecular formula is C11H15ClFNO. The molecule has 2 nitrogen and oxygen atoms in total. The van der Waals surface area contributed by atoms with Gasteiger partial charge in [-0.25, -0.2) is 4.39 Å². The van der Waals surface area contributed by atoms with Crippen LogP contribution in [0.25, 0.3) is 0 Å². The first-order valence-corrected chi connectivity index (χ1v) is 5.30. The third-order valence-corrected chi connectivity index (χ3v) is 2.38. The molecule has 4 heteroatoms. The standard InChI is InChI=1S/C11H15ClFNO/c1-8(15)5-6-14-7-9-3-2-4-10(12)11(9)13/h2-4,8,14-15H,5-7H2,1H3. The minimum Gasteiger partial charge on any atom is -0.393 e. The number of halogens is 2. The molecular weight excluding hydrogens is 217 g/mol. The lowest BCUT2D eigenvalue weighted by Crippen LogP contribution is -2.19. The summed E-state index contributed by atoms with van der Waals surface area (Å²) in [4.78, 5) is 0. The molecule has 2 N–H and O–H groups in total. The summed E-state index contributed by atoms with van der Waals surface area (Å²) in [6.45, 7) is 2.81. The van der Waals surface area contributed by atoms with Crippen LogP contribution < -0.4 is 5.32 Å².